The van der Waals surface area contributed by atoms with Crippen LogP contribution in [0, 0.1) is 6.92 Å². The van der Waals surface area contributed by atoms with Crippen LogP contribution in [-0.2, 0) is 16.1 Å². The number of benzene rings is 1. The summed E-state index contributed by atoms with van der Waals surface area (Å²) < 4.78 is 1.28. The Bertz CT molecular complexity index is 738. The van der Waals surface area contributed by atoms with E-state index in [0.717, 1.165) is 0 Å². The summed E-state index contributed by atoms with van der Waals surface area (Å²) in [6, 6.07) is 6.53. The molecular formula is C18H24N2O2S2. The molecule has 1 unspecified atom stereocenters. The van der Waals surface area contributed by atoms with Gasteiger partial charge in [-0.15, -0.1) is 11.3 Å². The van der Waals surface area contributed by atoms with Gasteiger partial charge in [0.25, 0.3) is 0 Å². The highest BCUT2D eigenvalue weighted by Crippen LogP contribution is 2.27. The number of hydrogen-bond donors (Lipinski definition) is 1. The maximum atomic E-state index is 12.6. The summed E-state index contributed by atoms with van der Waals surface area (Å²) in [5, 5.41) is 10.0. The van der Waals surface area contributed by atoms with Gasteiger partial charge < -0.3 is 10.2 Å². The number of thioether (sulfide) groups is 1. The minimum absolute atomic E-state index is 0.0129. The van der Waals surface area contributed by atoms with Crippen molar-refractivity contribution in [2.75, 3.05) is 13.4 Å². The van der Waals surface area contributed by atoms with E-state index < -0.39 is 5.54 Å². The molecule has 0 saturated carbocycles. The number of amides is 1. The molecule has 0 fully saturated rings. The van der Waals surface area contributed by atoms with Crippen molar-refractivity contribution in [1.29, 1.82) is 0 Å². The van der Waals surface area contributed by atoms with Crippen LogP contribution in [0.2, 0.25) is 0 Å². The number of carbonyl (C=O) groups is 1. The van der Waals surface area contributed by atoms with Gasteiger partial charge in [0, 0.05) is 4.70 Å². The normalized spacial score (nSPS) is 13.4. The van der Waals surface area contributed by atoms with Crippen molar-refractivity contribution in [2.24, 2.45) is 5.16 Å². The van der Waals surface area contributed by atoms with E-state index in [1.54, 1.807) is 29.3 Å². The molecule has 1 heterocycles. The van der Waals surface area contributed by atoms with Gasteiger partial charge in [0.05, 0.1) is 17.0 Å². The van der Waals surface area contributed by atoms with Gasteiger partial charge in [-0.25, -0.2) is 0 Å². The monoisotopic (exact) mass is 364 g/mol. The molecule has 2 aromatic rings. The zero-order chi connectivity index (χ0) is 17.7. The van der Waals surface area contributed by atoms with E-state index in [0.29, 0.717) is 6.42 Å². The number of thiophene rings is 1. The fraction of sp³-hybridized carbons (Fsp3) is 0.444. The fourth-order valence-corrected chi connectivity index (χ4v) is 4.11. The zero-order valence-corrected chi connectivity index (χ0v) is 16.4. The molecule has 1 amide bonds. The van der Waals surface area contributed by atoms with Crippen molar-refractivity contribution < 1.29 is 9.63 Å². The Morgan fingerprint density at radius 2 is 2.25 bits per heavy atom. The fourth-order valence-electron chi connectivity index (χ4n) is 2.55. The van der Waals surface area contributed by atoms with Crippen molar-refractivity contribution >= 4 is 45.3 Å². The van der Waals surface area contributed by atoms with Gasteiger partial charge in [-0.1, -0.05) is 11.2 Å². The van der Waals surface area contributed by atoms with E-state index in [2.05, 4.69) is 41.0 Å². The van der Waals surface area contributed by atoms with Crippen molar-refractivity contribution in [2.45, 2.75) is 38.0 Å². The lowest BCUT2D eigenvalue weighted by atomic mass is 10.0. The number of oxime groups is 1. The van der Waals surface area contributed by atoms with Crippen LogP contribution >= 0.6 is 23.1 Å². The Labute approximate surface area is 151 Å². The summed E-state index contributed by atoms with van der Waals surface area (Å²) >= 11 is 3.31. The molecule has 0 spiro atoms. The highest BCUT2D eigenvalue weighted by molar-refractivity contribution is 7.99. The second kappa shape index (κ2) is 8.03. The minimum atomic E-state index is -0.547. The number of nitrogens with zero attached hydrogens (tertiary/aromatic N) is 1. The van der Waals surface area contributed by atoms with Gasteiger partial charge in [-0.05, 0) is 67.5 Å². The molecule has 1 atom stereocenters. The molecule has 4 nitrogen and oxygen atoms in total. The summed E-state index contributed by atoms with van der Waals surface area (Å²) in [7, 11) is 1.49. The molecule has 0 bridgehead atoms. The molecule has 1 N–H and O–H groups in total. The van der Waals surface area contributed by atoms with Crippen LogP contribution in [-0.4, -0.2) is 36.3 Å². The van der Waals surface area contributed by atoms with Gasteiger partial charge in [0.15, 0.2) is 0 Å². The minimum Gasteiger partial charge on any atom is -0.399 e. The Hall–Kier alpha value is -1.53. The van der Waals surface area contributed by atoms with Gasteiger partial charge in [0.2, 0.25) is 5.91 Å². The molecule has 1 aromatic heterocycles. The number of nitrogens with one attached hydrogen (secondary N) is 1. The average molecular weight is 365 g/mol. The van der Waals surface area contributed by atoms with E-state index in [-0.39, 0.29) is 11.2 Å². The molecule has 2 rings (SSSR count). The maximum absolute atomic E-state index is 12.6. The molecule has 0 saturated heterocycles. The molecule has 6 heteroatoms. The van der Waals surface area contributed by atoms with Crippen LogP contribution in [0.15, 0.2) is 28.7 Å². The molecule has 1 aromatic carbocycles. The summed E-state index contributed by atoms with van der Waals surface area (Å²) in [6.07, 6.45) is 4.28. The highest BCUT2D eigenvalue weighted by atomic mass is 32.2. The van der Waals surface area contributed by atoms with Crippen molar-refractivity contribution in [3.05, 3.63) is 34.7 Å². The first-order chi connectivity index (χ1) is 11.4. The van der Waals surface area contributed by atoms with E-state index in [1.165, 1.54) is 28.3 Å². The maximum Gasteiger partial charge on any atom is 0.234 e. The van der Waals surface area contributed by atoms with Gasteiger partial charge in [0.1, 0.15) is 7.11 Å². The van der Waals surface area contributed by atoms with Crippen LogP contribution in [0.1, 0.15) is 25.0 Å². The van der Waals surface area contributed by atoms with Crippen LogP contribution in [0.3, 0.4) is 0 Å². The quantitative estimate of drug-likeness (QED) is 0.596. The molecule has 0 radical (unpaired) electrons. The van der Waals surface area contributed by atoms with Crippen LogP contribution < -0.4 is 5.32 Å². The van der Waals surface area contributed by atoms with Crippen molar-refractivity contribution in [3.8, 4) is 0 Å². The number of carbonyl (C=O) groups excluding carboxylic acids is 1. The summed E-state index contributed by atoms with van der Waals surface area (Å²) in [4.78, 5) is 17.3. The largest absolute Gasteiger partial charge is 0.399 e. The molecular weight excluding hydrogens is 340 g/mol. The first-order valence-corrected chi connectivity index (χ1v) is 9.92. The lowest BCUT2D eigenvalue weighted by Crippen LogP contribution is -2.48. The van der Waals surface area contributed by atoms with E-state index in [1.807, 2.05) is 20.1 Å². The number of rotatable bonds is 7. The van der Waals surface area contributed by atoms with Gasteiger partial charge in [-0.2, -0.15) is 11.8 Å². The topological polar surface area (TPSA) is 50.7 Å². The Kier molecular flexibility index (Phi) is 6.29. The van der Waals surface area contributed by atoms with Crippen LogP contribution in [0.5, 0.6) is 0 Å². The van der Waals surface area contributed by atoms with Gasteiger partial charge >= 0.3 is 0 Å². The summed E-state index contributed by atoms with van der Waals surface area (Å²) in [6.45, 7) is 5.91. The average Bonchev–Trinajstić information content (AvgIpc) is 2.99. The lowest BCUT2D eigenvalue weighted by Gasteiger charge is -2.24. The third-order valence-corrected chi connectivity index (χ3v) is 5.58. The summed E-state index contributed by atoms with van der Waals surface area (Å²) in [5.74, 6) is 0.0129. The molecule has 0 aliphatic rings. The van der Waals surface area contributed by atoms with Crippen LogP contribution in [0.4, 0.5) is 0 Å². The second-order valence-electron chi connectivity index (χ2n) is 6.30. The third-order valence-electron chi connectivity index (χ3n) is 3.76. The molecule has 130 valence electrons. The lowest BCUT2D eigenvalue weighted by molar-refractivity contribution is -0.121. The van der Waals surface area contributed by atoms with Crippen LogP contribution in [0.25, 0.3) is 10.1 Å². The predicted octanol–water partition coefficient (Wildman–Crippen LogP) is 4.01. The Morgan fingerprint density at radius 1 is 1.50 bits per heavy atom. The molecule has 0 aliphatic heterocycles. The molecule has 24 heavy (non-hydrogen) atoms. The Morgan fingerprint density at radius 3 is 2.92 bits per heavy atom. The number of aryl methyl sites for hydroxylation is 1. The standard InChI is InChI=1S/C18H24N2O2S2/c1-12-8-13(9-15-14(12)6-7-24-15)10-16(23-5)17(21)20-18(2,3)11-19-22-4/h6-9,11,16H,10H2,1-5H3,(H,20,21). The number of fused-ring (bicyclic) bond motifs is 1. The summed E-state index contributed by atoms with van der Waals surface area (Å²) in [5.41, 5.74) is 1.91. The SMILES string of the molecule is CON=CC(C)(C)NC(=O)C(Cc1cc(C)c2ccsc2c1)SC. The Balaban J connectivity index is 2.12. The first kappa shape index (κ1) is 18.8. The molecule has 0 aliphatic carbocycles. The van der Waals surface area contributed by atoms with Gasteiger partial charge in [-0.3, -0.25) is 4.79 Å². The highest BCUT2D eigenvalue weighted by Gasteiger charge is 2.25. The first-order valence-electron chi connectivity index (χ1n) is 7.75. The van der Waals surface area contributed by atoms with E-state index in [4.69, 9.17) is 4.84 Å². The van der Waals surface area contributed by atoms with Crippen molar-refractivity contribution in [3.63, 3.8) is 0 Å². The predicted molar refractivity (Wildman–Crippen MR) is 105 cm³/mol. The number of hydrogen-bond acceptors (Lipinski definition) is 5. The third kappa shape index (κ3) is 4.74. The van der Waals surface area contributed by atoms with E-state index >= 15 is 0 Å². The van der Waals surface area contributed by atoms with E-state index in [9.17, 15) is 4.79 Å². The van der Waals surface area contributed by atoms with Crippen molar-refractivity contribution in [1.82, 2.24) is 5.32 Å². The zero-order valence-electron chi connectivity index (χ0n) is 14.8. The smallest absolute Gasteiger partial charge is 0.234 e. The second-order valence-corrected chi connectivity index (χ2v) is 8.29.